The highest BCUT2D eigenvalue weighted by atomic mass is 14.1. The molecule has 138 valence electrons. The Morgan fingerprint density at radius 3 is 1.64 bits per heavy atom. The number of rotatable bonds is 0. The van der Waals surface area contributed by atoms with Gasteiger partial charge in [0.25, 0.3) is 0 Å². The lowest BCUT2D eigenvalue weighted by molar-refractivity contribution is 0.712. The van der Waals surface area contributed by atoms with Crippen LogP contribution in [0.1, 0.15) is 97.5 Å². The summed E-state index contributed by atoms with van der Waals surface area (Å²) in [6.07, 6.45) is 14.3. The molecular weight excluding hydrogens is 300 g/mol. The van der Waals surface area contributed by atoms with Crippen LogP contribution in [0.15, 0.2) is 30.3 Å². The molecule has 2 aliphatic rings. The topological polar surface area (TPSA) is 0 Å². The first kappa shape index (κ1) is 23.3. The van der Waals surface area contributed by atoms with E-state index in [4.69, 9.17) is 0 Å². The van der Waals surface area contributed by atoms with E-state index in [1.807, 2.05) is 44.2 Å². The highest BCUT2D eigenvalue weighted by Gasteiger charge is 2.10. The Labute approximate surface area is 157 Å². The molecule has 1 aromatic carbocycles. The molecule has 0 spiro atoms. The van der Waals surface area contributed by atoms with Gasteiger partial charge in [-0.15, -0.1) is 17.8 Å². The van der Waals surface area contributed by atoms with Gasteiger partial charge in [-0.3, -0.25) is 0 Å². The first-order chi connectivity index (χ1) is 12.3. The summed E-state index contributed by atoms with van der Waals surface area (Å²) >= 11 is 0. The Hall–Kier alpha value is -1.66. The number of hydrogen-bond acceptors (Lipinski definition) is 0. The van der Waals surface area contributed by atoms with Crippen molar-refractivity contribution in [2.75, 3.05) is 0 Å². The van der Waals surface area contributed by atoms with Crippen molar-refractivity contribution in [3.05, 3.63) is 35.9 Å². The predicted molar refractivity (Wildman–Crippen MR) is 113 cm³/mol. The maximum absolute atomic E-state index is 3.19. The van der Waals surface area contributed by atoms with Crippen LogP contribution in [-0.4, -0.2) is 0 Å². The van der Waals surface area contributed by atoms with Gasteiger partial charge in [0.2, 0.25) is 0 Å². The second-order valence-corrected chi connectivity index (χ2v) is 6.59. The van der Waals surface area contributed by atoms with E-state index < -0.39 is 0 Å². The quantitative estimate of drug-likeness (QED) is 0.427. The summed E-state index contributed by atoms with van der Waals surface area (Å²) in [7, 11) is 0. The van der Waals surface area contributed by atoms with Gasteiger partial charge < -0.3 is 0 Å². The Balaban J connectivity index is 0.000000330. The van der Waals surface area contributed by atoms with Crippen LogP contribution >= 0.6 is 0 Å². The van der Waals surface area contributed by atoms with Gasteiger partial charge in [-0.1, -0.05) is 89.3 Å². The fraction of sp³-hybridized carbons (Fsp3) is 0.600. The second kappa shape index (κ2) is 18.7. The maximum Gasteiger partial charge on any atom is 0.0245 e. The SMILES string of the molecule is C1CCCC1.CC#CC1CCCC1.CC#Cc1ccccc1.CCC. The third-order valence-electron chi connectivity index (χ3n) is 4.00. The van der Waals surface area contributed by atoms with Gasteiger partial charge in [-0.25, -0.2) is 0 Å². The highest BCUT2D eigenvalue weighted by Crippen LogP contribution is 2.23. The van der Waals surface area contributed by atoms with Gasteiger partial charge in [0.1, 0.15) is 0 Å². The summed E-state index contributed by atoms with van der Waals surface area (Å²) in [5.74, 6) is 12.7. The Morgan fingerprint density at radius 1 is 0.760 bits per heavy atom. The van der Waals surface area contributed by atoms with Crippen molar-refractivity contribution in [3.63, 3.8) is 0 Å². The van der Waals surface area contributed by atoms with Crippen LogP contribution in [0.5, 0.6) is 0 Å². The maximum atomic E-state index is 3.19. The highest BCUT2D eigenvalue weighted by molar-refractivity contribution is 5.32. The van der Waals surface area contributed by atoms with Gasteiger partial charge in [0.15, 0.2) is 0 Å². The standard InChI is InChI=1S/C9H8.C8H12.C5H10.C3H8/c1-2-6-9-7-4-3-5-8-9;1-2-5-8-6-3-4-7-8;1-2-4-5-3-1;1-3-2/h3-5,7-8H,1H3;8H,3-4,6-7H2,1H3;1-5H2;3H2,1-2H3. The first-order valence-corrected chi connectivity index (χ1v) is 10.2. The molecule has 0 bridgehead atoms. The molecule has 0 saturated heterocycles. The van der Waals surface area contributed by atoms with E-state index in [1.54, 1.807) is 0 Å². The lowest BCUT2D eigenvalue weighted by Gasteiger charge is -1.92. The summed E-state index contributed by atoms with van der Waals surface area (Å²) < 4.78 is 0. The molecule has 0 aromatic heterocycles. The van der Waals surface area contributed by atoms with Gasteiger partial charge in [0.05, 0.1) is 0 Å². The summed E-state index contributed by atoms with van der Waals surface area (Å²) in [5.41, 5.74) is 1.08. The van der Waals surface area contributed by atoms with Crippen molar-refractivity contribution in [1.82, 2.24) is 0 Å². The van der Waals surface area contributed by atoms with Crippen LogP contribution in [0.3, 0.4) is 0 Å². The number of hydrogen-bond donors (Lipinski definition) is 0. The molecule has 0 radical (unpaired) electrons. The van der Waals surface area contributed by atoms with Crippen molar-refractivity contribution < 1.29 is 0 Å². The van der Waals surface area contributed by atoms with E-state index in [-0.39, 0.29) is 0 Å². The van der Waals surface area contributed by atoms with Crippen LogP contribution in [0.2, 0.25) is 0 Å². The Morgan fingerprint density at radius 2 is 1.24 bits per heavy atom. The van der Waals surface area contributed by atoms with Crippen LogP contribution in [0, 0.1) is 29.6 Å². The lowest BCUT2D eigenvalue weighted by Crippen LogP contribution is -1.84. The zero-order valence-electron chi connectivity index (χ0n) is 17.0. The average Bonchev–Trinajstić information content (AvgIpc) is 3.35. The van der Waals surface area contributed by atoms with Crippen LogP contribution < -0.4 is 0 Å². The van der Waals surface area contributed by atoms with E-state index in [0.717, 1.165) is 11.5 Å². The third-order valence-corrected chi connectivity index (χ3v) is 4.00. The van der Waals surface area contributed by atoms with E-state index in [0.29, 0.717) is 0 Å². The Bertz CT molecular complexity index is 486. The van der Waals surface area contributed by atoms with Crippen molar-refractivity contribution in [2.24, 2.45) is 5.92 Å². The van der Waals surface area contributed by atoms with Crippen molar-refractivity contribution in [2.45, 2.75) is 91.9 Å². The molecule has 2 fully saturated rings. The fourth-order valence-electron chi connectivity index (χ4n) is 2.82. The predicted octanol–water partition coefficient (Wildman–Crippen LogP) is 7.62. The van der Waals surface area contributed by atoms with Gasteiger partial charge in [-0.05, 0) is 38.8 Å². The molecule has 0 amide bonds. The molecular formula is C25H38. The zero-order chi connectivity index (χ0) is 18.6. The number of benzene rings is 1. The minimum absolute atomic E-state index is 0.750. The monoisotopic (exact) mass is 338 g/mol. The normalized spacial score (nSPS) is 14.7. The molecule has 0 aliphatic heterocycles. The second-order valence-electron chi connectivity index (χ2n) is 6.59. The molecule has 0 heterocycles. The summed E-state index contributed by atoms with van der Waals surface area (Å²) in [6.45, 7) is 8.02. The molecule has 0 nitrogen and oxygen atoms in total. The molecule has 25 heavy (non-hydrogen) atoms. The minimum Gasteiger partial charge on any atom is -0.106 e. The Kier molecular flexibility index (Phi) is 17.4. The summed E-state index contributed by atoms with van der Waals surface area (Å²) in [5, 5.41) is 0. The summed E-state index contributed by atoms with van der Waals surface area (Å²) in [6, 6.07) is 9.95. The molecule has 0 heteroatoms. The lowest BCUT2D eigenvalue weighted by atomic mass is 10.1. The third kappa shape index (κ3) is 15.6. The molecule has 0 N–H and O–H groups in total. The van der Waals surface area contributed by atoms with Crippen molar-refractivity contribution in [1.29, 1.82) is 0 Å². The van der Waals surface area contributed by atoms with Crippen LogP contribution in [0.25, 0.3) is 0 Å². The molecule has 1 aromatic rings. The van der Waals surface area contributed by atoms with Crippen molar-refractivity contribution in [3.8, 4) is 23.7 Å². The van der Waals surface area contributed by atoms with E-state index in [9.17, 15) is 0 Å². The molecule has 3 rings (SSSR count). The largest absolute Gasteiger partial charge is 0.106 e. The first-order valence-electron chi connectivity index (χ1n) is 10.2. The minimum atomic E-state index is 0.750. The molecule has 2 aliphatic carbocycles. The molecule has 0 unspecified atom stereocenters. The van der Waals surface area contributed by atoms with Gasteiger partial charge in [0, 0.05) is 11.5 Å². The smallest absolute Gasteiger partial charge is 0.0245 e. The zero-order valence-corrected chi connectivity index (χ0v) is 17.0. The average molecular weight is 339 g/mol. The van der Waals surface area contributed by atoms with E-state index >= 15 is 0 Å². The summed E-state index contributed by atoms with van der Waals surface area (Å²) in [4.78, 5) is 0. The fourth-order valence-corrected chi connectivity index (χ4v) is 2.82. The van der Waals surface area contributed by atoms with E-state index in [1.165, 1.54) is 64.2 Å². The van der Waals surface area contributed by atoms with Crippen LogP contribution in [0.4, 0.5) is 0 Å². The van der Waals surface area contributed by atoms with Crippen molar-refractivity contribution >= 4 is 0 Å². The van der Waals surface area contributed by atoms with Gasteiger partial charge >= 0.3 is 0 Å². The molecule has 2 saturated carbocycles. The van der Waals surface area contributed by atoms with Gasteiger partial charge in [-0.2, -0.15) is 0 Å². The molecule has 0 atom stereocenters. The van der Waals surface area contributed by atoms with Crippen LogP contribution in [-0.2, 0) is 0 Å². The van der Waals surface area contributed by atoms with E-state index in [2.05, 4.69) is 37.5 Å².